The lowest BCUT2D eigenvalue weighted by Gasteiger charge is -2.12. The number of amides is 2. The van der Waals surface area contributed by atoms with Gasteiger partial charge in [-0.2, -0.15) is 0 Å². The lowest BCUT2D eigenvalue weighted by atomic mass is 9.94. The molecule has 136 valence electrons. The summed E-state index contributed by atoms with van der Waals surface area (Å²) in [6.07, 6.45) is 0. The molecule has 0 saturated carbocycles. The Bertz CT molecular complexity index is 739. The highest BCUT2D eigenvalue weighted by molar-refractivity contribution is 6.19. The molecule has 2 aromatic carbocycles. The Balaban J connectivity index is 2.39. The minimum atomic E-state index is -0.412. The van der Waals surface area contributed by atoms with Gasteiger partial charge in [0.25, 0.3) is 11.8 Å². The fraction of sp³-hybridized carbons (Fsp3) is 0.211. The van der Waals surface area contributed by atoms with Gasteiger partial charge in [0.2, 0.25) is 0 Å². The standard InChI is InChI=1S/C19H22N4O3/c1-3-20-22-18(25)15-11-7-5-9-13(15)17(24)14-10-6-8-12-16(14)19(26)23-21-4-2/h5-12,20-21H,3-4H2,1-2H3,(H,22,25)(H,23,26). The predicted octanol–water partition coefficient (Wildman–Crippen LogP) is 1.43. The van der Waals surface area contributed by atoms with Gasteiger partial charge in [-0.1, -0.05) is 50.2 Å². The summed E-state index contributed by atoms with van der Waals surface area (Å²) >= 11 is 0. The van der Waals surface area contributed by atoms with Gasteiger partial charge in [-0.3, -0.25) is 25.2 Å². The van der Waals surface area contributed by atoms with E-state index in [0.717, 1.165) is 0 Å². The maximum Gasteiger partial charge on any atom is 0.266 e. The Hall–Kier alpha value is -3.03. The van der Waals surface area contributed by atoms with E-state index in [1.165, 1.54) is 0 Å². The first kappa shape index (κ1) is 19.3. The van der Waals surface area contributed by atoms with E-state index in [1.54, 1.807) is 48.5 Å². The molecule has 0 aliphatic carbocycles. The minimum absolute atomic E-state index is 0.228. The monoisotopic (exact) mass is 354 g/mol. The number of rotatable bonds is 8. The topological polar surface area (TPSA) is 99.3 Å². The van der Waals surface area contributed by atoms with E-state index in [-0.39, 0.29) is 22.3 Å². The Labute approximate surface area is 152 Å². The van der Waals surface area contributed by atoms with Crippen molar-refractivity contribution >= 4 is 17.6 Å². The van der Waals surface area contributed by atoms with Crippen LogP contribution in [-0.2, 0) is 0 Å². The zero-order valence-corrected chi connectivity index (χ0v) is 14.8. The summed E-state index contributed by atoms with van der Waals surface area (Å²) in [5.41, 5.74) is 11.4. The molecule has 7 heteroatoms. The molecule has 0 fully saturated rings. The number of hydrogen-bond donors (Lipinski definition) is 4. The molecular formula is C19H22N4O3. The normalized spacial score (nSPS) is 10.2. The molecule has 0 atom stereocenters. The quantitative estimate of drug-likeness (QED) is 0.424. The van der Waals surface area contributed by atoms with Crippen molar-refractivity contribution in [2.45, 2.75) is 13.8 Å². The molecule has 0 heterocycles. The summed E-state index contributed by atoms with van der Waals surface area (Å²) in [4.78, 5) is 37.7. The number of carbonyl (C=O) groups excluding carboxylic acids is 3. The van der Waals surface area contributed by atoms with E-state index >= 15 is 0 Å². The summed E-state index contributed by atoms with van der Waals surface area (Å²) in [6.45, 7) is 4.79. The third kappa shape index (κ3) is 4.53. The molecule has 0 radical (unpaired) electrons. The molecular weight excluding hydrogens is 332 g/mol. The largest absolute Gasteiger partial charge is 0.289 e. The van der Waals surface area contributed by atoms with Gasteiger partial charge in [0, 0.05) is 24.2 Å². The second-order valence-electron chi connectivity index (χ2n) is 5.39. The molecule has 0 aromatic heterocycles. The molecule has 26 heavy (non-hydrogen) atoms. The van der Waals surface area contributed by atoms with Crippen molar-refractivity contribution in [3.05, 3.63) is 70.8 Å². The van der Waals surface area contributed by atoms with Crippen molar-refractivity contribution in [2.75, 3.05) is 13.1 Å². The van der Waals surface area contributed by atoms with Crippen LogP contribution in [0.1, 0.15) is 50.5 Å². The third-order valence-electron chi connectivity index (χ3n) is 3.59. The van der Waals surface area contributed by atoms with Crippen molar-refractivity contribution in [1.82, 2.24) is 21.7 Å². The molecule has 2 amide bonds. The molecule has 0 spiro atoms. The van der Waals surface area contributed by atoms with Crippen molar-refractivity contribution in [3.63, 3.8) is 0 Å². The van der Waals surface area contributed by atoms with Crippen LogP contribution in [-0.4, -0.2) is 30.7 Å². The fourth-order valence-electron chi connectivity index (χ4n) is 2.38. The Morgan fingerprint density at radius 3 is 1.35 bits per heavy atom. The molecule has 0 aliphatic rings. The minimum Gasteiger partial charge on any atom is -0.289 e. The third-order valence-corrected chi connectivity index (χ3v) is 3.59. The van der Waals surface area contributed by atoms with Crippen molar-refractivity contribution < 1.29 is 14.4 Å². The molecule has 2 aromatic rings. The molecule has 0 unspecified atom stereocenters. The molecule has 2 rings (SSSR count). The first-order chi connectivity index (χ1) is 12.6. The highest BCUT2D eigenvalue weighted by Gasteiger charge is 2.22. The number of ketones is 1. The van der Waals surface area contributed by atoms with Gasteiger partial charge in [-0.15, -0.1) is 0 Å². The molecule has 0 aliphatic heterocycles. The van der Waals surface area contributed by atoms with E-state index in [1.807, 2.05) is 13.8 Å². The average Bonchev–Trinajstić information content (AvgIpc) is 2.69. The van der Waals surface area contributed by atoms with E-state index in [2.05, 4.69) is 21.7 Å². The van der Waals surface area contributed by atoms with Gasteiger partial charge < -0.3 is 0 Å². The molecule has 7 nitrogen and oxygen atoms in total. The first-order valence-electron chi connectivity index (χ1n) is 8.39. The van der Waals surface area contributed by atoms with Gasteiger partial charge in [-0.25, -0.2) is 10.9 Å². The lowest BCUT2D eigenvalue weighted by Crippen LogP contribution is -2.38. The van der Waals surface area contributed by atoms with Crippen molar-refractivity contribution in [2.24, 2.45) is 0 Å². The summed E-state index contributed by atoms with van der Waals surface area (Å²) < 4.78 is 0. The summed E-state index contributed by atoms with van der Waals surface area (Å²) in [5, 5.41) is 0. The Kier molecular flexibility index (Phi) is 7.02. The number of benzene rings is 2. The van der Waals surface area contributed by atoms with Crippen LogP contribution in [0, 0.1) is 0 Å². The van der Waals surface area contributed by atoms with Crippen LogP contribution in [0.3, 0.4) is 0 Å². The van der Waals surface area contributed by atoms with Crippen molar-refractivity contribution in [3.8, 4) is 0 Å². The summed E-state index contributed by atoms with van der Waals surface area (Å²) in [6, 6.07) is 13.0. The maximum atomic E-state index is 13.0. The predicted molar refractivity (Wildman–Crippen MR) is 98.6 cm³/mol. The maximum absolute atomic E-state index is 13.0. The van der Waals surface area contributed by atoms with Crippen LogP contribution in [0.15, 0.2) is 48.5 Å². The Morgan fingerprint density at radius 2 is 1.00 bits per heavy atom. The van der Waals surface area contributed by atoms with E-state index < -0.39 is 17.6 Å². The van der Waals surface area contributed by atoms with E-state index in [4.69, 9.17) is 0 Å². The van der Waals surface area contributed by atoms with Crippen LogP contribution < -0.4 is 21.7 Å². The second kappa shape index (κ2) is 9.45. The number of nitrogens with one attached hydrogen (secondary N) is 4. The van der Waals surface area contributed by atoms with E-state index in [9.17, 15) is 14.4 Å². The van der Waals surface area contributed by atoms with Gasteiger partial charge in [0.15, 0.2) is 5.78 Å². The molecule has 4 N–H and O–H groups in total. The molecule has 0 saturated heterocycles. The van der Waals surface area contributed by atoms with Gasteiger partial charge in [-0.05, 0) is 12.1 Å². The SMILES string of the molecule is CCNNC(=O)c1ccccc1C(=O)c1ccccc1C(=O)NNCC. The second-order valence-corrected chi connectivity index (χ2v) is 5.39. The average molecular weight is 354 g/mol. The fourth-order valence-corrected chi connectivity index (χ4v) is 2.38. The highest BCUT2D eigenvalue weighted by Crippen LogP contribution is 2.18. The van der Waals surface area contributed by atoms with Crippen LogP contribution in [0.2, 0.25) is 0 Å². The van der Waals surface area contributed by atoms with Crippen LogP contribution >= 0.6 is 0 Å². The summed E-state index contributed by atoms with van der Waals surface area (Å²) in [7, 11) is 0. The molecule has 0 bridgehead atoms. The highest BCUT2D eigenvalue weighted by atomic mass is 16.2. The van der Waals surface area contributed by atoms with E-state index in [0.29, 0.717) is 13.1 Å². The van der Waals surface area contributed by atoms with Gasteiger partial charge in [0.1, 0.15) is 0 Å². The number of carbonyl (C=O) groups is 3. The zero-order valence-electron chi connectivity index (χ0n) is 14.8. The summed E-state index contributed by atoms with van der Waals surface area (Å²) in [5.74, 6) is -1.22. The van der Waals surface area contributed by atoms with Crippen LogP contribution in [0.4, 0.5) is 0 Å². The van der Waals surface area contributed by atoms with Crippen LogP contribution in [0.25, 0.3) is 0 Å². The van der Waals surface area contributed by atoms with Gasteiger partial charge >= 0.3 is 0 Å². The number of hydrogen-bond acceptors (Lipinski definition) is 5. The lowest BCUT2D eigenvalue weighted by molar-refractivity contribution is 0.0922. The van der Waals surface area contributed by atoms with Crippen molar-refractivity contribution in [1.29, 1.82) is 0 Å². The zero-order chi connectivity index (χ0) is 18.9. The first-order valence-corrected chi connectivity index (χ1v) is 8.39. The van der Waals surface area contributed by atoms with Crippen LogP contribution in [0.5, 0.6) is 0 Å². The Morgan fingerprint density at radius 1 is 0.654 bits per heavy atom. The number of hydrazine groups is 2. The van der Waals surface area contributed by atoms with Gasteiger partial charge in [0.05, 0.1) is 11.1 Å². The smallest absolute Gasteiger partial charge is 0.266 e.